The van der Waals surface area contributed by atoms with Gasteiger partial charge in [-0.3, -0.25) is 9.59 Å². The van der Waals surface area contributed by atoms with Crippen LogP contribution in [0.3, 0.4) is 0 Å². The first kappa shape index (κ1) is 18.8. The van der Waals surface area contributed by atoms with Crippen molar-refractivity contribution in [3.8, 4) is 5.75 Å². The Morgan fingerprint density at radius 3 is 2.36 bits per heavy atom. The first-order valence-electron chi connectivity index (χ1n) is 8.12. The number of rotatable bonds is 7. The van der Waals surface area contributed by atoms with Gasteiger partial charge in [0.05, 0.1) is 10.7 Å². The molecule has 0 heterocycles. The van der Waals surface area contributed by atoms with Crippen molar-refractivity contribution in [1.29, 1.82) is 0 Å². The number of aryl methyl sites for hydroxylation is 1. The van der Waals surface area contributed by atoms with Crippen LogP contribution in [0.4, 0.5) is 11.4 Å². The molecule has 0 spiro atoms. The fraction of sp³-hybridized carbons (Fsp3) is 0.263. The summed E-state index contributed by atoms with van der Waals surface area (Å²) in [7, 11) is 0. The lowest BCUT2D eigenvalue weighted by Gasteiger charge is -2.11. The van der Waals surface area contributed by atoms with Crippen LogP contribution in [-0.2, 0) is 16.0 Å². The molecule has 2 aromatic carbocycles. The van der Waals surface area contributed by atoms with E-state index in [1.807, 2.05) is 24.3 Å². The summed E-state index contributed by atoms with van der Waals surface area (Å²) in [6.45, 7) is 3.70. The Labute approximate surface area is 152 Å². The summed E-state index contributed by atoms with van der Waals surface area (Å²) >= 11 is 6.09. The lowest BCUT2D eigenvalue weighted by Crippen LogP contribution is -2.20. The quantitative estimate of drug-likeness (QED) is 0.774. The van der Waals surface area contributed by atoms with Gasteiger partial charge >= 0.3 is 0 Å². The van der Waals surface area contributed by atoms with Crippen LogP contribution < -0.4 is 15.4 Å². The molecule has 6 heteroatoms. The lowest BCUT2D eigenvalue weighted by atomic mass is 10.2. The second kappa shape index (κ2) is 9.08. The molecule has 2 amide bonds. The maximum atomic E-state index is 12.1. The van der Waals surface area contributed by atoms with Crippen LogP contribution in [0.2, 0.25) is 5.02 Å². The first-order chi connectivity index (χ1) is 12.0. The number of nitrogens with one attached hydrogen (secondary N) is 2. The normalized spacial score (nSPS) is 10.2. The van der Waals surface area contributed by atoms with E-state index in [9.17, 15) is 9.59 Å². The van der Waals surface area contributed by atoms with Gasteiger partial charge in [-0.2, -0.15) is 0 Å². The number of carbonyl (C=O) groups excluding carboxylic acids is 2. The summed E-state index contributed by atoms with van der Waals surface area (Å²) in [5.41, 5.74) is 2.20. The smallest absolute Gasteiger partial charge is 0.262 e. The second-order valence-electron chi connectivity index (χ2n) is 5.43. The maximum Gasteiger partial charge on any atom is 0.262 e. The Morgan fingerprint density at radius 1 is 1.00 bits per heavy atom. The second-order valence-corrected chi connectivity index (χ2v) is 5.84. The Morgan fingerprint density at radius 2 is 1.72 bits per heavy atom. The fourth-order valence-corrected chi connectivity index (χ4v) is 2.27. The molecule has 0 aliphatic heterocycles. The molecule has 2 N–H and O–H groups in total. The molecule has 0 radical (unpaired) electrons. The number of halogens is 1. The van der Waals surface area contributed by atoms with Crippen LogP contribution in [0.5, 0.6) is 5.75 Å². The van der Waals surface area contributed by atoms with Gasteiger partial charge in [0.15, 0.2) is 6.61 Å². The SMILES string of the molecule is CCC(=O)Nc1ccc(Cl)c(NC(=O)COc2ccc(CC)cc2)c1. The topological polar surface area (TPSA) is 67.4 Å². The first-order valence-corrected chi connectivity index (χ1v) is 8.50. The van der Waals surface area contributed by atoms with E-state index in [1.165, 1.54) is 5.56 Å². The van der Waals surface area contributed by atoms with E-state index in [2.05, 4.69) is 17.6 Å². The standard InChI is InChI=1S/C19H21ClN2O3/c1-3-13-5-8-15(9-6-13)25-12-19(24)22-17-11-14(7-10-16(17)20)21-18(23)4-2/h5-11H,3-4,12H2,1-2H3,(H,21,23)(H,22,24). The number of ether oxygens (including phenoxy) is 1. The van der Waals surface area contributed by atoms with Gasteiger partial charge in [-0.1, -0.05) is 37.6 Å². The van der Waals surface area contributed by atoms with E-state index in [4.69, 9.17) is 16.3 Å². The number of benzene rings is 2. The van der Waals surface area contributed by atoms with E-state index in [1.54, 1.807) is 25.1 Å². The maximum absolute atomic E-state index is 12.1. The molecular weight excluding hydrogens is 340 g/mol. The zero-order valence-corrected chi connectivity index (χ0v) is 15.0. The van der Waals surface area contributed by atoms with Crippen molar-refractivity contribution in [2.24, 2.45) is 0 Å². The summed E-state index contributed by atoms with van der Waals surface area (Å²) in [5, 5.41) is 5.79. The highest BCUT2D eigenvalue weighted by atomic mass is 35.5. The summed E-state index contributed by atoms with van der Waals surface area (Å²) in [6, 6.07) is 12.5. The summed E-state index contributed by atoms with van der Waals surface area (Å²) in [4.78, 5) is 23.5. The van der Waals surface area contributed by atoms with E-state index in [-0.39, 0.29) is 18.4 Å². The van der Waals surface area contributed by atoms with Crippen LogP contribution in [0, 0.1) is 0 Å². The fourth-order valence-electron chi connectivity index (χ4n) is 2.10. The minimum absolute atomic E-state index is 0.113. The van der Waals surface area contributed by atoms with Crippen LogP contribution in [-0.4, -0.2) is 18.4 Å². The molecule has 0 aromatic heterocycles. The minimum Gasteiger partial charge on any atom is -0.484 e. The predicted octanol–water partition coefficient (Wildman–Crippen LogP) is 4.27. The van der Waals surface area contributed by atoms with Crippen LogP contribution in [0.15, 0.2) is 42.5 Å². The molecule has 0 bridgehead atoms. The zero-order valence-electron chi connectivity index (χ0n) is 14.3. The monoisotopic (exact) mass is 360 g/mol. The van der Waals surface area contributed by atoms with Crippen LogP contribution in [0.25, 0.3) is 0 Å². The van der Waals surface area contributed by atoms with Crippen molar-refractivity contribution in [3.63, 3.8) is 0 Å². The Kier molecular flexibility index (Phi) is 6.83. The van der Waals surface area contributed by atoms with Crippen molar-refractivity contribution >= 4 is 34.8 Å². The Hall–Kier alpha value is -2.53. The molecule has 0 saturated carbocycles. The summed E-state index contributed by atoms with van der Waals surface area (Å²) in [6.07, 6.45) is 1.32. The van der Waals surface area contributed by atoms with E-state index in [0.717, 1.165) is 6.42 Å². The van der Waals surface area contributed by atoms with Crippen LogP contribution in [0.1, 0.15) is 25.8 Å². The highest BCUT2D eigenvalue weighted by molar-refractivity contribution is 6.33. The molecule has 0 atom stereocenters. The third-order valence-corrected chi connectivity index (χ3v) is 3.88. The van der Waals surface area contributed by atoms with Gasteiger partial charge in [-0.15, -0.1) is 0 Å². The largest absolute Gasteiger partial charge is 0.484 e. The highest BCUT2D eigenvalue weighted by Crippen LogP contribution is 2.25. The summed E-state index contributed by atoms with van der Waals surface area (Å²) < 4.78 is 5.47. The van der Waals surface area contributed by atoms with Crippen molar-refractivity contribution in [2.45, 2.75) is 26.7 Å². The molecule has 0 fully saturated rings. The van der Waals surface area contributed by atoms with Crippen molar-refractivity contribution < 1.29 is 14.3 Å². The number of hydrogen-bond acceptors (Lipinski definition) is 3. The van der Waals surface area contributed by atoms with Gasteiger partial charge in [0.1, 0.15) is 5.75 Å². The molecule has 132 valence electrons. The number of anilines is 2. The average Bonchev–Trinajstić information content (AvgIpc) is 2.63. The summed E-state index contributed by atoms with van der Waals surface area (Å²) in [5.74, 6) is 0.182. The average molecular weight is 361 g/mol. The zero-order chi connectivity index (χ0) is 18.2. The van der Waals surface area contributed by atoms with E-state index < -0.39 is 0 Å². The molecule has 0 unspecified atom stereocenters. The van der Waals surface area contributed by atoms with Crippen molar-refractivity contribution in [2.75, 3.05) is 17.2 Å². The van der Waals surface area contributed by atoms with E-state index >= 15 is 0 Å². The van der Waals surface area contributed by atoms with Crippen molar-refractivity contribution in [3.05, 3.63) is 53.1 Å². The predicted molar refractivity (Wildman–Crippen MR) is 100 cm³/mol. The molecule has 2 aromatic rings. The van der Waals surface area contributed by atoms with Gasteiger partial charge < -0.3 is 15.4 Å². The molecule has 25 heavy (non-hydrogen) atoms. The molecular formula is C19H21ClN2O3. The van der Waals surface area contributed by atoms with Gasteiger partial charge in [-0.25, -0.2) is 0 Å². The molecule has 5 nitrogen and oxygen atoms in total. The number of carbonyl (C=O) groups is 2. The van der Waals surface area contributed by atoms with Crippen molar-refractivity contribution in [1.82, 2.24) is 0 Å². The van der Waals surface area contributed by atoms with E-state index in [0.29, 0.717) is 28.6 Å². The minimum atomic E-state index is -0.333. The molecule has 2 rings (SSSR count). The number of hydrogen-bond donors (Lipinski definition) is 2. The Balaban J connectivity index is 1.94. The molecule has 0 saturated heterocycles. The van der Waals surface area contributed by atoms with Gasteiger partial charge in [0.2, 0.25) is 5.91 Å². The van der Waals surface area contributed by atoms with Gasteiger partial charge in [0.25, 0.3) is 5.91 Å². The van der Waals surface area contributed by atoms with Crippen LogP contribution >= 0.6 is 11.6 Å². The third kappa shape index (κ3) is 5.80. The lowest BCUT2D eigenvalue weighted by molar-refractivity contribution is -0.118. The Bertz CT molecular complexity index is 745. The van der Waals surface area contributed by atoms with Gasteiger partial charge in [-0.05, 0) is 42.3 Å². The third-order valence-electron chi connectivity index (χ3n) is 3.55. The van der Waals surface area contributed by atoms with Gasteiger partial charge in [0, 0.05) is 12.1 Å². The highest BCUT2D eigenvalue weighted by Gasteiger charge is 2.09. The molecule has 0 aliphatic carbocycles. The number of amides is 2. The molecule has 0 aliphatic rings.